The van der Waals surface area contributed by atoms with Gasteiger partial charge in [-0.25, -0.2) is 9.97 Å². The molecule has 2 heterocycles. The minimum atomic E-state index is 0.529. The smallest absolute Gasteiger partial charge is 0.134 e. The number of nitrogens with one attached hydrogen (secondary N) is 2. The Bertz CT molecular complexity index is 438. The highest BCUT2D eigenvalue weighted by molar-refractivity contribution is 5.57. The van der Waals surface area contributed by atoms with E-state index < -0.39 is 0 Å². The fraction of sp³-hybridized carbons (Fsp3) is 0.733. The zero-order chi connectivity index (χ0) is 14.5. The molecule has 1 fully saturated rings. The van der Waals surface area contributed by atoms with Crippen LogP contribution in [0.2, 0.25) is 0 Å². The van der Waals surface area contributed by atoms with Gasteiger partial charge in [-0.15, -0.1) is 0 Å². The largest absolute Gasteiger partial charge is 0.373 e. The van der Waals surface area contributed by atoms with E-state index in [1.54, 1.807) is 0 Å². The maximum atomic E-state index is 4.55. The summed E-state index contributed by atoms with van der Waals surface area (Å²) in [6.45, 7) is 9.86. The lowest BCUT2D eigenvalue weighted by Crippen LogP contribution is -2.39. The maximum absolute atomic E-state index is 4.55. The molecule has 0 amide bonds. The summed E-state index contributed by atoms with van der Waals surface area (Å²) in [6.07, 6.45) is 3.63. The number of hydrogen-bond acceptors (Lipinski definition) is 5. The maximum Gasteiger partial charge on any atom is 0.134 e. The number of nitrogens with zero attached hydrogens (tertiary/aromatic N) is 3. The summed E-state index contributed by atoms with van der Waals surface area (Å²) in [7, 11) is 1.90. The van der Waals surface area contributed by atoms with Crippen LogP contribution in [-0.2, 0) is 0 Å². The van der Waals surface area contributed by atoms with E-state index in [-0.39, 0.29) is 0 Å². The summed E-state index contributed by atoms with van der Waals surface area (Å²) >= 11 is 0. The summed E-state index contributed by atoms with van der Waals surface area (Å²) < 4.78 is 0. The Morgan fingerprint density at radius 1 is 1.15 bits per heavy atom. The molecule has 0 unspecified atom stereocenters. The molecule has 0 atom stereocenters. The lowest BCUT2D eigenvalue weighted by Gasteiger charge is -2.32. The molecule has 5 heteroatoms. The summed E-state index contributed by atoms with van der Waals surface area (Å²) in [4.78, 5) is 11.5. The third-order valence-electron chi connectivity index (χ3n) is 3.96. The van der Waals surface area contributed by atoms with E-state index >= 15 is 0 Å². The van der Waals surface area contributed by atoms with Crippen molar-refractivity contribution in [3.05, 3.63) is 11.4 Å². The van der Waals surface area contributed by atoms with Gasteiger partial charge in [0.25, 0.3) is 0 Å². The van der Waals surface area contributed by atoms with Crippen LogP contribution < -0.4 is 10.6 Å². The minimum absolute atomic E-state index is 0.529. The molecule has 1 aromatic heterocycles. The van der Waals surface area contributed by atoms with Crippen LogP contribution in [0.15, 0.2) is 0 Å². The highest BCUT2D eigenvalue weighted by atomic mass is 15.2. The van der Waals surface area contributed by atoms with Gasteiger partial charge >= 0.3 is 0 Å². The van der Waals surface area contributed by atoms with E-state index in [0.717, 1.165) is 23.0 Å². The third-order valence-corrected chi connectivity index (χ3v) is 3.96. The van der Waals surface area contributed by atoms with E-state index in [2.05, 4.69) is 39.3 Å². The Labute approximate surface area is 122 Å². The van der Waals surface area contributed by atoms with Crippen LogP contribution in [-0.4, -0.2) is 47.6 Å². The zero-order valence-electron chi connectivity index (χ0n) is 13.2. The Balaban J connectivity index is 1.99. The molecule has 0 radical (unpaired) electrons. The van der Waals surface area contributed by atoms with Crippen LogP contribution >= 0.6 is 0 Å². The molecule has 2 N–H and O–H groups in total. The van der Waals surface area contributed by atoms with Crippen molar-refractivity contribution in [1.29, 1.82) is 0 Å². The van der Waals surface area contributed by atoms with Gasteiger partial charge in [0.1, 0.15) is 17.5 Å². The highest BCUT2D eigenvalue weighted by Crippen LogP contribution is 2.22. The van der Waals surface area contributed by atoms with Gasteiger partial charge in [0, 0.05) is 31.7 Å². The van der Waals surface area contributed by atoms with E-state index in [4.69, 9.17) is 0 Å². The summed E-state index contributed by atoms with van der Waals surface area (Å²) in [5.41, 5.74) is 1.11. The molecule has 1 aromatic rings. The second kappa shape index (κ2) is 6.88. The van der Waals surface area contributed by atoms with Gasteiger partial charge in [-0.3, -0.25) is 0 Å². The summed E-state index contributed by atoms with van der Waals surface area (Å²) in [6, 6.07) is 0.529. The summed E-state index contributed by atoms with van der Waals surface area (Å²) in [5, 5.41) is 6.75. The summed E-state index contributed by atoms with van der Waals surface area (Å²) in [5.74, 6) is 2.71. The van der Waals surface area contributed by atoms with Crippen molar-refractivity contribution in [2.75, 3.05) is 37.3 Å². The van der Waals surface area contributed by atoms with Crippen molar-refractivity contribution >= 4 is 11.6 Å². The molecule has 20 heavy (non-hydrogen) atoms. The number of aromatic nitrogens is 2. The Morgan fingerprint density at radius 2 is 1.80 bits per heavy atom. The van der Waals surface area contributed by atoms with Crippen molar-refractivity contribution in [1.82, 2.24) is 14.9 Å². The second-order valence-electron chi connectivity index (χ2n) is 5.60. The normalized spacial score (nSPS) is 17.2. The number of hydrogen-bond donors (Lipinski definition) is 2. The Morgan fingerprint density at radius 3 is 2.40 bits per heavy atom. The molecule has 0 saturated carbocycles. The van der Waals surface area contributed by atoms with Gasteiger partial charge < -0.3 is 15.5 Å². The Kier molecular flexibility index (Phi) is 5.17. The highest BCUT2D eigenvalue weighted by Gasteiger charge is 2.20. The number of anilines is 2. The predicted octanol–water partition coefficient (Wildman–Crippen LogP) is 2.42. The molecule has 2 rings (SSSR count). The van der Waals surface area contributed by atoms with Crippen LogP contribution in [0.4, 0.5) is 11.6 Å². The second-order valence-corrected chi connectivity index (χ2v) is 5.60. The third kappa shape index (κ3) is 3.60. The van der Waals surface area contributed by atoms with Crippen LogP contribution in [0.25, 0.3) is 0 Å². The monoisotopic (exact) mass is 277 g/mol. The van der Waals surface area contributed by atoms with Gasteiger partial charge in [0.15, 0.2) is 0 Å². The molecular formula is C15H27N5. The average Bonchev–Trinajstić information content (AvgIpc) is 2.45. The first-order chi connectivity index (χ1) is 9.63. The molecule has 0 bridgehead atoms. The quantitative estimate of drug-likeness (QED) is 0.865. The van der Waals surface area contributed by atoms with Crippen molar-refractivity contribution in [3.63, 3.8) is 0 Å². The number of piperidine rings is 1. The first kappa shape index (κ1) is 15.0. The number of aryl methyl sites for hydroxylation is 1. The van der Waals surface area contributed by atoms with Crippen LogP contribution in [0.5, 0.6) is 0 Å². The van der Waals surface area contributed by atoms with Gasteiger partial charge in [-0.1, -0.05) is 6.92 Å². The van der Waals surface area contributed by atoms with E-state index in [0.29, 0.717) is 6.04 Å². The van der Waals surface area contributed by atoms with Crippen LogP contribution in [0, 0.1) is 13.8 Å². The number of likely N-dealkylation sites (tertiary alicyclic amines) is 1. The number of rotatable bonds is 5. The minimum Gasteiger partial charge on any atom is -0.373 e. The first-order valence-electron chi connectivity index (χ1n) is 7.66. The molecule has 1 aliphatic rings. The lowest BCUT2D eigenvalue weighted by atomic mass is 10.0. The molecule has 0 aliphatic carbocycles. The molecule has 1 aliphatic heterocycles. The van der Waals surface area contributed by atoms with Gasteiger partial charge in [0.2, 0.25) is 0 Å². The van der Waals surface area contributed by atoms with Crippen molar-refractivity contribution in [2.24, 2.45) is 0 Å². The predicted molar refractivity (Wildman–Crippen MR) is 84.4 cm³/mol. The SMILES string of the molecule is CCCN1CCC(Nc2nc(C)nc(NC)c2C)CC1. The van der Waals surface area contributed by atoms with E-state index in [1.807, 2.05) is 14.0 Å². The average molecular weight is 277 g/mol. The Hall–Kier alpha value is -1.36. The molecule has 0 spiro atoms. The van der Waals surface area contributed by atoms with Crippen molar-refractivity contribution < 1.29 is 0 Å². The van der Waals surface area contributed by atoms with Crippen LogP contribution in [0.1, 0.15) is 37.6 Å². The van der Waals surface area contributed by atoms with Crippen molar-refractivity contribution in [3.8, 4) is 0 Å². The fourth-order valence-corrected chi connectivity index (χ4v) is 2.82. The first-order valence-corrected chi connectivity index (χ1v) is 7.66. The molecule has 0 aromatic carbocycles. The molecule has 1 saturated heterocycles. The molecular weight excluding hydrogens is 250 g/mol. The van der Waals surface area contributed by atoms with E-state index in [1.165, 1.54) is 38.9 Å². The molecule has 5 nitrogen and oxygen atoms in total. The van der Waals surface area contributed by atoms with Crippen LogP contribution in [0.3, 0.4) is 0 Å². The van der Waals surface area contributed by atoms with E-state index in [9.17, 15) is 0 Å². The van der Waals surface area contributed by atoms with Gasteiger partial charge in [-0.05, 0) is 39.7 Å². The van der Waals surface area contributed by atoms with Gasteiger partial charge in [-0.2, -0.15) is 0 Å². The standard InChI is InChI=1S/C15H27N5/c1-5-8-20-9-6-13(7-10-20)19-15-11(2)14(16-4)17-12(3)18-15/h13H,5-10H2,1-4H3,(H2,16,17,18,19). The zero-order valence-corrected chi connectivity index (χ0v) is 13.2. The fourth-order valence-electron chi connectivity index (χ4n) is 2.82. The lowest BCUT2D eigenvalue weighted by molar-refractivity contribution is 0.219. The molecule has 112 valence electrons. The van der Waals surface area contributed by atoms with Crippen molar-refractivity contribution in [2.45, 2.75) is 46.1 Å². The topological polar surface area (TPSA) is 53.1 Å². The van der Waals surface area contributed by atoms with Gasteiger partial charge in [0.05, 0.1) is 0 Å².